The monoisotopic (exact) mass is 701 g/mol. The predicted molar refractivity (Wildman–Crippen MR) is 176 cm³/mol. The maximum atomic E-state index is 12.6. The van der Waals surface area contributed by atoms with Gasteiger partial charge in [-0.3, -0.25) is 9.59 Å². The molecule has 12 nitrogen and oxygen atoms in total. The van der Waals surface area contributed by atoms with Gasteiger partial charge in [0.2, 0.25) is 0 Å². The van der Waals surface area contributed by atoms with Gasteiger partial charge in [-0.05, 0) is 38.3 Å². The van der Waals surface area contributed by atoms with E-state index in [0.29, 0.717) is 12.8 Å². The number of aliphatic hydroxyl groups excluding tert-OH is 4. The molecule has 0 radical (unpaired) electrons. The number of carboxylic acid groups (broad SMARTS) is 1. The zero-order valence-electron chi connectivity index (χ0n) is 26.5. The molecule has 9 unspecified atom stereocenters. The lowest BCUT2D eigenvalue weighted by molar-refractivity contribution is -0.159. The topological polar surface area (TPSA) is 214 Å². The average molecular weight is 703 g/mol. The van der Waals surface area contributed by atoms with Crippen molar-refractivity contribution in [1.29, 1.82) is 0 Å². The summed E-state index contributed by atoms with van der Waals surface area (Å²) >= 11 is 12.5. The number of hydrogen-bond donors (Lipinski definition) is 6. The number of nitrogens with two attached hydrogens (primary N) is 1. The lowest BCUT2D eigenvalue weighted by Gasteiger charge is -2.30. The summed E-state index contributed by atoms with van der Waals surface area (Å²) in [6.45, 7) is 5.12. The third-order valence-electron chi connectivity index (χ3n) is 7.31. The zero-order chi connectivity index (χ0) is 35.7. The van der Waals surface area contributed by atoms with Crippen LogP contribution >= 0.6 is 23.2 Å². The van der Waals surface area contributed by atoms with Gasteiger partial charge in [-0.25, -0.2) is 9.59 Å². The van der Waals surface area contributed by atoms with Crippen molar-refractivity contribution in [3.05, 3.63) is 71.4 Å². The molecule has 0 aromatic heterocycles. The van der Waals surface area contributed by atoms with E-state index in [0.717, 1.165) is 5.57 Å². The number of carboxylic acids is 1. The van der Waals surface area contributed by atoms with Crippen LogP contribution in [0, 0.1) is 11.8 Å². The first kappa shape index (κ1) is 41.8. The van der Waals surface area contributed by atoms with Crippen LogP contribution < -0.4 is 5.73 Å². The van der Waals surface area contributed by atoms with Gasteiger partial charge in [-0.1, -0.05) is 73.6 Å². The molecule has 0 heterocycles. The molecule has 0 bridgehead atoms. The number of hydrogen-bond acceptors (Lipinski definition) is 10. The Balaban J connectivity index is 2.66. The standard InChI is InChI=1S/C33H45Cl2NO11/c1-4-5-13-26(47-33(36)45)29(35)24(38)18-25(39)31(42)30(41)20(3)22(34)12-8-6-10-19(2)11-7-9-14-28(40)46-27-17-21(32(43)44)15-16-23(27)37/h5-14,20-21,23-24,26-27,29-31,37-38,41-42H,4,15-18H2,1-3H3,(H2,36,45)(H,43,44)/b8-6+,11-7+,13-5?,14-9+,19-10+,22-12?. The Morgan fingerprint density at radius 2 is 1.66 bits per heavy atom. The fraction of sp³-hybridized carbons (Fsp3) is 0.515. The Kier molecular flexibility index (Phi) is 19.2. The number of aliphatic hydroxyl groups is 4. The van der Waals surface area contributed by atoms with E-state index in [2.05, 4.69) is 0 Å². The van der Waals surface area contributed by atoms with E-state index in [4.69, 9.17) is 43.5 Å². The molecule has 1 aliphatic rings. The Labute approximate surface area is 284 Å². The van der Waals surface area contributed by atoms with E-state index >= 15 is 0 Å². The van der Waals surface area contributed by atoms with Gasteiger partial charge in [0.15, 0.2) is 5.78 Å². The van der Waals surface area contributed by atoms with Crippen LogP contribution in [0.2, 0.25) is 0 Å². The Morgan fingerprint density at radius 1 is 1.02 bits per heavy atom. The van der Waals surface area contributed by atoms with E-state index in [1.807, 2.05) is 6.92 Å². The van der Waals surface area contributed by atoms with Gasteiger partial charge in [0.1, 0.15) is 23.7 Å². The van der Waals surface area contributed by atoms with Crippen LogP contribution in [-0.4, -0.2) is 91.3 Å². The van der Waals surface area contributed by atoms with E-state index in [-0.39, 0.29) is 17.9 Å². The van der Waals surface area contributed by atoms with Gasteiger partial charge >= 0.3 is 18.0 Å². The van der Waals surface area contributed by atoms with Crippen LogP contribution in [0.5, 0.6) is 0 Å². The molecule has 0 aliphatic heterocycles. The Bertz CT molecular complexity index is 1240. The van der Waals surface area contributed by atoms with Crippen molar-refractivity contribution in [2.45, 2.75) is 94.9 Å². The molecule has 1 rings (SSSR count). The van der Waals surface area contributed by atoms with Crippen molar-refractivity contribution in [1.82, 2.24) is 0 Å². The predicted octanol–water partition coefficient (Wildman–Crippen LogP) is 3.60. The number of esters is 1. The highest BCUT2D eigenvalue weighted by molar-refractivity contribution is 6.30. The first-order chi connectivity index (χ1) is 22.1. The molecule has 262 valence electrons. The molecule has 47 heavy (non-hydrogen) atoms. The quantitative estimate of drug-likeness (QED) is 0.0399. The highest BCUT2D eigenvalue weighted by atomic mass is 35.5. The minimum Gasteiger partial charge on any atom is -0.481 e. The second-order valence-corrected chi connectivity index (χ2v) is 12.0. The molecular formula is C33H45Cl2NO11. The second kappa shape index (κ2) is 21.6. The van der Waals surface area contributed by atoms with Crippen molar-refractivity contribution >= 4 is 47.0 Å². The number of halogens is 2. The normalized spacial score (nSPS) is 23.5. The van der Waals surface area contributed by atoms with Crippen molar-refractivity contribution in [3.8, 4) is 0 Å². The summed E-state index contributed by atoms with van der Waals surface area (Å²) < 4.78 is 10.1. The van der Waals surface area contributed by atoms with Crippen molar-refractivity contribution < 1.29 is 54.2 Å². The van der Waals surface area contributed by atoms with Gasteiger partial charge in [-0.2, -0.15) is 0 Å². The van der Waals surface area contributed by atoms with Crippen LogP contribution in [0.4, 0.5) is 4.79 Å². The molecule has 7 N–H and O–H groups in total. The van der Waals surface area contributed by atoms with Crippen LogP contribution in [0.1, 0.15) is 52.9 Å². The first-order valence-corrected chi connectivity index (χ1v) is 15.9. The zero-order valence-corrected chi connectivity index (χ0v) is 28.0. The number of allylic oxidation sites excluding steroid dienone is 9. The van der Waals surface area contributed by atoms with Crippen molar-refractivity contribution in [3.63, 3.8) is 0 Å². The number of aliphatic carboxylic acids is 1. The molecule has 0 aromatic rings. The molecule has 1 aliphatic carbocycles. The maximum absolute atomic E-state index is 12.6. The van der Waals surface area contributed by atoms with Crippen LogP contribution in [0.15, 0.2) is 71.4 Å². The average Bonchev–Trinajstić information content (AvgIpc) is 3.02. The second-order valence-electron chi connectivity index (χ2n) is 11.1. The third-order valence-corrected chi connectivity index (χ3v) is 8.32. The third kappa shape index (κ3) is 15.5. The number of Topliss-reactive ketones (excluding diaryl/α,β-unsaturated/α-hetero) is 1. The molecule has 1 amide bonds. The van der Waals surface area contributed by atoms with Gasteiger partial charge < -0.3 is 40.7 Å². The van der Waals surface area contributed by atoms with Crippen LogP contribution in [0.25, 0.3) is 0 Å². The number of primary amides is 1. The van der Waals surface area contributed by atoms with Gasteiger partial charge in [-0.15, -0.1) is 11.6 Å². The molecule has 0 saturated heterocycles. The SMILES string of the molecule is CCC=CC(OC(N)=O)C(Cl)C(O)CC(=O)C(O)C(O)C(C)C(Cl)=C/C=C/C=C(C)/C=C/C=C/C(=O)OC1CC(C(=O)O)CCC1O. The van der Waals surface area contributed by atoms with Crippen molar-refractivity contribution in [2.75, 3.05) is 0 Å². The fourth-order valence-corrected chi connectivity index (χ4v) is 4.88. The minimum atomic E-state index is -1.89. The van der Waals surface area contributed by atoms with Crippen LogP contribution in [-0.2, 0) is 23.9 Å². The van der Waals surface area contributed by atoms with E-state index in [9.17, 15) is 39.6 Å². The fourth-order valence-electron chi connectivity index (χ4n) is 4.46. The number of rotatable bonds is 18. The highest BCUT2D eigenvalue weighted by Crippen LogP contribution is 2.27. The molecule has 14 heteroatoms. The number of carbonyl (C=O) groups excluding carboxylic acids is 3. The molecule has 0 spiro atoms. The molecule has 1 fully saturated rings. The summed E-state index contributed by atoms with van der Waals surface area (Å²) in [5.74, 6) is -4.10. The van der Waals surface area contributed by atoms with Crippen molar-refractivity contribution in [2.24, 2.45) is 17.6 Å². The number of amides is 1. The largest absolute Gasteiger partial charge is 0.481 e. The van der Waals surface area contributed by atoms with E-state index < -0.39 is 84.1 Å². The van der Waals surface area contributed by atoms with Gasteiger partial charge in [0.05, 0.1) is 24.2 Å². The number of ether oxygens (including phenoxy) is 2. The van der Waals surface area contributed by atoms with E-state index in [1.165, 1.54) is 31.2 Å². The number of ketones is 1. The summed E-state index contributed by atoms with van der Waals surface area (Å²) in [6.07, 6.45) is 6.95. The summed E-state index contributed by atoms with van der Waals surface area (Å²) in [5.41, 5.74) is 5.83. The lowest BCUT2D eigenvalue weighted by Crippen LogP contribution is -2.43. The van der Waals surface area contributed by atoms with Gasteiger partial charge in [0.25, 0.3) is 0 Å². The first-order valence-electron chi connectivity index (χ1n) is 15.1. The lowest BCUT2D eigenvalue weighted by atomic mass is 9.85. The maximum Gasteiger partial charge on any atom is 0.405 e. The van der Waals surface area contributed by atoms with E-state index in [1.54, 1.807) is 43.4 Å². The molecular weight excluding hydrogens is 657 g/mol. The van der Waals surface area contributed by atoms with Gasteiger partial charge in [0, 0.05) is 29.9 Å². The Hall–Kier alpha value is -3.26. The number of carbonyl (C=O) groups is 4. The molecule has 1 saturated carbocycles. The highest BCUT2D eigenvalue weighted by Gasteiger charge is 2.36. The number of alkyl halides is 1. The summed E-state index contributed by atoms with van der Waals surface area (Å²) in [6, 6.07) is 0. The van der Waals surface area contributed by atoms with Crippen LogP contribution in [0.3, 0.4) is 0 Å². The summed E-state index contributed by atoms with van der Waals surface area (Å²) in [5, 5.41) is 49.4. The minimum absolute atomic E-state index is 0.0584. The summed E-state index contributed by atoms with van der Waals surface area (Å²) in [4.78, 5) is 47.0. The molecule has 0 aromatic carbocycles. The molecule has 9 atom stereocenters. The summed E-state index contributed by atoms with van der Waals surface area (Å²) in [7, 11) is 0. The Morgan fingerprint density at radius 3 is 2.28 bits per heavy atom. The smallest absolute Gasteiger partial charge is 0.405 e.